The average molecular weight is 155 g/mol. The van der Waals surface area contributed by atoms with Gasteiger partial charge in [-0.3, -0.25) is 0 Å². The van der Waals surface area contributed by atoms with Crippen LogP contribution in [0.2, 0.25) is 0 Å². The molecule has 0 aromatic carbocycles. The van der Waals surface area contributed by atoms with Gasteiger partial charge >= 0.3 is 0 Å². The molecule has 1 rings (SSSR count). The molecule has 1 heterocycles. The lowest BCUT2D eigenvalue weighted by molar-refractivity contribution is 0.0973. The fourth-order valence-corrected chi connectivity index (χ4v) is 1.45. The summed E-state index contributed by atoms with van der Waals surface area (Å²) in [7, 11) is 0. The van der Waals surface area contributed by atoms with Crippen molar-refractivity contribution in [3.05, 3.63) is 29.3 Å². The lowest BCUT2D eigenvalue weighted by Crippen LogP contribution is -1.96. The van der Waals surface area contributed by atoms with E-state index in [4.69, 9.17) is 4.74 Å². The Labute approximate surface area is 65.6 Å². The Morgan fingerprint density at radius 2 is 2.60 bits per heavy atom. The highest BCUT2D eigenvalue weighted by atomic mass is 32.1. The number of ether oxygens (including phenoxy) is 1. The molecule has 10 heavy (non-hydrogen) atoms. The third-order valence-electron chi connectivity index (χ3n) is 1.23. The van der Waals surface area contributed by atoms with Crippen LogP contribution in [-0.2, 0) is 4.74 Å². The number of hydrogen-bond acceptors (Lipinski definition) is 2. The Morgan fingerprint density at radius 3 is 3.10 bits per heavy atom. The molecule has 0 saturated heterocycles. The van der Waals surface area contributed by atoms with Crippen molar-refractivity contribution in [2.75, 3.05) is 6.61 Å². The van der Waals surface area contributed by atoms with E-state index < -0.39 is 0 Å². The Kier molecular flexibility index (Phi) is 2.90. The quantitative estimate of drug-likeness (QED) is 0.652. The first kappa shape index (κ1) is 7.76. The van der Waals surface area contributed by atoms with E-state index in [-0.39, 0.29) is 6.10 Å². The van der Waals surface area contributed by atoms with Gasteiger partial charge in [0.25, 0.3) is 0 Å². The Morgan fingerprint density at radius 1 is 1.80 bits per heavy atom. The van der Waals surface area contributed by atoms with E-state index in [1.54, 1.807) is 11.3 Å². The molecule has 1 aromatic rings. The predicted octanol–water partition coefficient (Wildman–Crippen LogP) is 2.66. The Balaban J connectivity index is 2.50. The van der Waals surface area contributed by atoms with E-state index >= 15 is 0 Å². The predicted molar refractivity (Wildman–Crippen MR) is 44.0 cm³/mol. The van der Waals surface area contributed by atoms with Crippen molar-refractivity contribution in [3.8, 4) is 0 Å². The molecule has 2 heteroatoms. The molecule has 1 aromatic heterocycles. The average Bonchev–Trinajstić information content (AvgIpc) is 2.38. The first-order valence-electron chi connectivity index (χ1n) is 3.32. The van der Waals surface area contributed by atoms with Gasteiger partial charge in [-0.05, 0) is 25.3 Å². The second-order valence-corrected chi connectivity index (χ2v) is 2.94. The van der Waals surface area contributed by atoms with Crippen LogP contribution in [0.25, 0.3) is 0 Å². The molecule has 0 amide bonds. The van der Waals surface area contributed by atoms with Crippen molar-refractivity contribution in [1.82, 2.24) is 0 Å². The maximum atomic E-state index is 5.29. The molecule has 1 radical (unpaired) electrons. The second-order valence-electron chi connectivity index (χ2n) is 1.96. The summed E-state index contributed by atoms with van der Waals surface area (Å²) >= 11 is 1.68. The number of hydrogen-bond donors (Lipinski definition) is 0. The van der Waals surface area contributed by atoms with Gasteiger partial charge in [0.05, 0.1) is 6.10 Å². The number of rotatable bonds is 3. The van der Waals surface area contributed by atoms with Gasteiger partial charge in [0.15, 0.2) is 0 Å². The Bertz CT molecular complexity index is 169. The summed E-state index contributed by atoms with van der Waals surface area (Å²) in [5.41, 5.74) is 0. The molecule has 0 aliphatic carbocycles. The van der Waals surface area contributed by atoms with E-state index in [1.165, 1.54) is 4.88 Å². The highest BCUT2D eigenvalue weighted by Crippen LogP contribution is 2.20. The van der Waals surface area contributed by atoms with Crippen LogP contribution in [0.5, 0.6) is 0 Å². The van der Waals surface area contributed by atoms with Gasteiger partial charge < -0.3 is 4.74 Å². The summed E-state index contributed by atoms with van der Waals surface area (Å²) in [5, 5.41) is 2.03. The lowest BCUT2D eigenvalue weighted by Gasteiger charge is -2.07. The van der Waals surface area contributed by atoms with Crippen LogP contribution < -0.4 is 0 Å². The van der Waals surface area contributed by atoms with Gasteiger partial charge in [-0.2, -0.15) is 0 Å². The van der Waals surface area contributed by atoms with E-state index in [9.17, 15) is 0 Å². The molecule has 0 N–H and O–H groups in total. The van der Waals surface area contributed by atoms with Crippen molar-refractivity contribution < 1.29 is 4.74 Å². The summed E-state index contributed by atoms with van der Waals surface area (Å²) in [5.74, 6) is 0. The van der Waals surface area contributed by atoms with Crippen molar-refractivity contribution in [2.24, 2.45) is 0 Å². The largest absolute Gasteiger partial charge is 0.373 e. The lowest BCUT2D eigenvalue weighted by atomic mass is 10.3. The van der Waals surface area contributed by atoms with Crippen molar-refractivity contribution in [1.29, 1.82) is 0 Å². The standard InChI is InChI=1S/C8H11OS/c1-3-9-7(2)8-5-4-6-10-8/h4-7H,2-3H2,1H3. The smallest absolute Gasteiger partial charge is 0.0917 e. The SMILES string of the molecule is [CH2]C(OCC)c1cccs1. The highest BCUT2D eigenvalue weighted by Gasteiger charge is 2.03. The summed E-state index contributed by atoms with van der Waals surface area (Å²) in [4.78, 5) is 1.20. The van der Waals surface area contributed by atoms with Crippen molar-refractivity contribution >= 4 is 11.3 Å². The molecule has 1 nitrogen and oxygen atoms in total. The van der Waals surface area contributed by atoms with Crippen LogP contribution in [0.15, 0.2) is 17.5 Å². The molecule has 0 fully saturated rings. The zero-order chi connectivity index (χ0) is 7.40. The Hall–Kier alpha value is -0.340. The van der Waals surface area contributed by atoms with Crippen LogP contribution in [0, 0.1) is 6.92 Å². The van der Waals surface area contributed by atoms with Crippen molar-refractivity contribution in [2.45, 2.75) is 13.0 Å². The molecule has 0 aliphatic heterocycles. The molecule has 0 aliphatic rings. The van der Waals surface area contributed by atoms with Gasteiger partial charge in [-0.15, -0.1) is 11.3 Å². The maximum absolute atomic E-state index is 5.29. The summed E-state index contributed by atoms with van der Waals surface area (Å²) < 4.78 is 5.29. The minimum atomic E-state index is 0.0185. The van der Waals surface area contributed by atoms with Gasteiger partial charge in [0.2, 0.25) is 0 Å². The second kappa shape index (κ2) is 3.74. The third kappa shape index (κ3) is 1.82. The van der Waals surface area contributed by atoms with Gasteiger partial charge in [-0.25, -0.2) is 0 Å². The van der Waals surface area contributed by atoms with E-state index in [0.717, 1.165) is 6.61 Å². The molecule has 0 bridgehead atoms. The van der Waals surface area contributed by atoms with Crippen LogP contribution in [0.3, 0.4) is 0 Å². The van der Waals surface area contributed by atoms with E-state index in [1.807, 2.05) is 24.4 Å². The van der Waals surface area contributed by atoms with Crippen LogP contribution in [0.4, 0.5) is 0 Å². The molecular weight excluding hydrogens is 144 g/mol. The normalized spacial score (nSPS) is 13.4. The van der Waals surface area contributed by atoms with Gasteiger partial charge in [-0.1, -0.05) is 6.07 Å². The molecule has 55 valence electrons. The first-order valence-corrected chi connectivity index (χ1v) is 4.20. The zero-order valence-electron chi connectivity index (χ0n) is 6.04. The van der Waals surface area contributed by atoms with E-state index in [2.05, 4.69) is 6.92 Å². The van der Waals surface area contributed by atoms with E-state index in [0.29, 0.717) is 0 Å². The molecule has 0 saturated carbocycles. The molecule has 1 unspecified atom stereocenters. The van der Waals surface area contributed by atoms with Gasteiger partial charge in [0.1, 0.15) is 0 Å². The molecular formula is C8H11OS. The summed E-state index contributed by atoms with van der Waals surface area (Å²) in [6.45, 7) is 6.56. The van der Waals surface area contributed by atoms with Crippen LogP contribution in [-0.4, -0.2) is 6.61 Å². The van der Waals surface area contributed by atoms with Crippen LogP contribution in [0.1, 0.15) is 17.9 Å². The van der Waals surface area contributed by atoms with Gasteiger partial charge in [0, 0.05) is 11.5 Å². The summed E-state index contributed by atoms with van der Waals surface area (Å²) in [6, 6.07) is 4.05. The molecule has 1 atom stereocenters. The topological polar surface area (TPSA) is 9.23 Å². The third-order valence-corrected chi connectivity index (χ3v) is 2.19. The highest BCUT2D eigenvalue weighted by molar-refractivity contribution is 7.10. The summed E-state index contributed by atoms with van der Waals surface area (Å²) in [6.07, 6.45) is 0.0185. The monoisotopic (exact) mass is 155 g/mol. The minimum Gasteiger partial charge on any atom is -0.373 e. The zero-order valence-corrected chi connectivity index (χ0v) is 6.86. The fourth-order valence-electron chi connectivity index (χ4n) is 0.758. The molecule has 0 spiro atoms. The maximum Gasteiger partial charge on any atom is 0.0917 e. The van der Waals surface area contributed by atoms with Crippen LogP contribution >= 0.6 is 11.3 Å². The first-order chi connectivity index (χ1) is 4.84. The minimum absolute atomic E-state index is 0.0185. The fraction of sp³-hybridized carbons (Fsp3) is 0.375. The van der Waals surface area contributed by atoms with Crippen molar-refractivity contribution in [3.63, 3.8) is 0 Å². The number of thiophene rings is 1.